The van der Waals surface area contributed by atoms with Gasteiger partial charge >= 0.3 is 11.7 Å². The summed E-state index contributed by atoms with van der Waals surface area (Å²) in [5.74, 6) is -2.02. The summed E-state index contributed by atoms with van der Waals surface area (Å²) in [6.45, 7) is 4.03. The molecule has 11 heteroatoms. The fourth-order valence-corrected chi connectivity index (χ4v) is 3.50. The van der Waals surface area contributed by atoms with E-state index < -0.39 is 38.9 Å². The summed E-state index contributed by atoms with van der Waals surface area (Å²) in [6, 6.07) is 6.14. The molecule has 4 rings (SSSR count). The molecule has 2 aromatic heterocycles. The average Bonchev–Trinajstić information content (AvgIpc) is 3.06. The summed E-state index contributed by atoms with van der Waals surface area (Å²) < 4.78 is 20.2. The number of carbonyl (C=O) groups is 1. The number of rotatable bonds is 4. The maximum atomic E-state index is 13.4. The zero-order valence-electron chi connectivity index (χ0n) is 16.5. The van der Waals surface area contributed by atoms with Crippen molar-refractivity contribution in [2.75, 3.05) is 18.2 Å². The lowest BCUT2D eigenvalue weighted by Gasteiger charge is -2.29. The Hall–Kier alpha value is -3.86. The van der Waals surface area contributed by atoms with Crippen molar-refractivity contribution in [1.82, 2.24) is 9.55 Å². The lowest BCUT2D eigenvalue weighted by Crippen LogP contribution is -2.41. The van der Waals surface area contributed by atoms with Crippen LogP contribution in [0.15, 0.2) is 41.3 Å². The van der Waals surface area contributed by atoms with E-state index in [1.54, 1.807) is 4.90 Å². The van der Waals surface area contributed by atoms with Gasteiger partial charge in [-0.25, -0.2) is 14.2 Å². The Kier molecular flexibility index (Phi) is 4.69. The lowest BCUT2D eigenvalue weighted by molar-refractivity contribution is -0.384. The molecule has 0 radical (unpaired) electrons. The number of halogens is 1. The average molecular weight is 428 g/mol. The van der Waals surface area contributed by atoms with Crippen molar-refractivity contribution in [2.45, 2.75) is 19.4 Å². The third kappa shape index (κ3) is 3.38. The highest BCUT2D eigenvalue weighted by atomic mass is 19.1. The molecule has 0 unspecified atom stereocenters. The number of carboxylic acids is 1. The van der Waals surface area contributed by atoms with Crippen LogP contribution in [0.2, 0.25) is 0 Å². The Bertz CT molecular complexity index is 1290. The molecular weight excluding hydrogens is 411 g/mol. The van der Waals surface area contributed by atoms with Gasteiger partial charge in [-0.3, -0.25) is 14.9 Å². The van der Waals surface area contributed by atoms with Crippen LogP contribution in [0.25, 0.3) is 16.7 Å². The Morgan fingerprint density at radius 2 is 2.00 bits per heavy atom. The van der Waals surface area contributed by atoms with E-state index in [9.17, 15) is 29.2 Å². The molecule has 3 aromatic rings. The van der Waals surface area contributed by atoms with Crippen LogP contribution in [0.3, 0.4) is 0 Å². The predicted molar refractivity (Wildman–Crippen MR) is 108 cm³/mol. The van der Waals surface area contributed by atoms with E-state index in [0.29, 0.717) is 12.3 Å². The second-order valence-corrected chi connectivity index (χ2v) is 7.70. The van der Waals surface area contributed by atoms with Crippen molar-refractivity contribution in [1.29, 1.82) is 0 Å². The zero-order chi connectivity index (χ0) is 22.5. The second kappa shape index (κ2) is 7.13. The van der Waals surface area contributed by atoms with Gasteiger partial charge in [-0.05, 0) is 38.1 Å². The first kappa shape index (κ1) is 20.4. The highest BCUT2D eigenvalue weighted by Gasteiger charge is 2.38. The normalized spacial score (nSPS) is 15.4. The highest BCUT2D eigenvalue weighted by Crippen LogP contribution is 2.36. The number of pyridine rings is 2. The van der Waals surface area contributed by atoms with Crippen LogP contribution in [-0.4, -0.2) is 44.4 Å². The maximum absolute atomic E-state index is 13.4. The molecule has 31 heavy (non-hydrogen) atoms. The maximum Gasteiger partial charge on any atom is 0.341 e. The van der Waals surface area contributed by atoms with E-state index in [0.717, 1.165) is 12.3 Å². The first-order chi connectivity index (χ1) is 14.6. The minimum Gasteiger partial charge on any atom is -0.477 e. The molecule has 0 bridgehead atoms. The number of anilines is 1. The molecule has 0 amide bonds. The first-order valence-electron chi connectivity index (χ1n) is 9.19. The summed E-state index contributed by atoms with van der Waals surface area (Å²) in [7, 11) is 0. The van der Waals surface area contributed by atoms with Gasteiger partial charge in [0.1, 0.15) is 18.1 Å². The van der Waals surface area contributed by atoms with E-state index in [1.165, 1.54) is 28.8 Å². The molecule has 1 aliphatic rings. The Labute approximate surface area is 174 Å². The fourth-order valence-electron chi connectivity index (χ4n) is 3.50. The van der Waals surface area contributed by atoms with Crippen molar-refractivity contribution in [3.8, 4) is 5.69 Å². The highest BCUT2D eigenvalue weighted by molar-refractivity contribution is 5.93. The minimum atomic E-state index is -1.50. The topological polar surface area (TPSA) is 128 Å². The van der Waals surface area contributed by atoms with Crippen LogP contribution in [0.4, 0.5) is 15.9 Å². The summed E-state index contributed by atoms with van der Waals surface area (Å²) in [4.78, 5) is 41.6. The number of hydrogen-bond donors (Lipinski definition) is 1. The van der Waals surface area contributed by atoms with Crippen molar-refractivity contribution in [3.05, 3.63) is 68.2 Å². The summed E-state index contributed by atoms with van der Waals surface area (Å²) >= 11 is 0. The number of nitrogens with zero attached hydrogens (tertiary/aromatic N) is 4. The predicted octanol–water partition coefficient (Wildman–Crippen LogP) is 2.70. The third-order valence-electron chi connectivity index (χ3n) is 5.13. The molecule has 0 spiro atoms. The van der Waals surface area contributed by atoms with Gasteiger partial charge < -0.3 is 19.3 Å². The first-order valence-corrected chi connectivity index (χ1v) is 9.19. The van der Waals surface area contributed by atoms with Crippen molar-refractivity contribution in [3.63, 3.8) is 0 Å². The van der Waals surface area contributed by atoms with Gasteiger partial charge in [0.15, 0.2) is 5.65 Å². The summed E-state index contributed by atoms with van der Waals surface area (Å²) in [5, 5.41) is 21.0. The van der Waals surface area contributed by atoms with Crippen molar-refractivity contribution in [2.24, 2.45) is 0 Å². The van der Waals surface area contributed by atoms with Crippen LogP contribution in [0, 0.1) is 15.9 Å². The van der Waals surface area contributed by atoms with Crippen LogP contribution in [-0.2, 0) is 4.74 Å². The van der Waals surface area contributed by atoms with E-state index in [1.807, 2.05) is 13.8 Å². The number of nitro groups is 1. The van der Waals surface area contributed by atoms with Gasteiger partial charge in [0, 0.05) is 18.0 Å². The van der Waals surface area contributed by atoms with Crippen LogP contribution >= 0.6 is 0 Å². The minimum absolute atomic E-state index is 0.00454. The molecule has 0 aliphatic carbocycles. The Balaban J connectivity index is 2.11. The fraction of sp³-hybridized carbons (Fsp3) is 0.250. The van der Waals surface area contributed by atoms with Gasteiger partial charge in [0.05, 0.1) is 22.5 Å². The van der Waals surface area contributed by atoms with Crippen LogP contribution in [0.5, 0.6) is 0 Å². The molecule has 160 valence electrons. The van der Waals surface area contributed by atoms with Gasteiger partial charge in [0.25, 0.3) is 0 Å². The van der Waals surface area contributed by atoms with Crippen LogP contribution in [0.1, 0.15) is 24.2 Å². The van der Waals surface area contributed by atoms with E-state index >= 15 is 0 Å². The van der Waals surface area contributed by atoms with Crippen molar-refractivity contribution >= 4 is 28.5 Å². The van der Waals surface area contributed by atoms with E-state index in [-0.39, 0.29) is 23.6 Å². The molecular formula is C20H17FN4O6. The van der Waals surface area contributed by atoms with Gasteiger partial charge in [0.2, 0.25) is 11.2 Å². The van der Waals surface area contributed by atoms with E-state index in [2.05, 4.69) is 4.98 Å². The summed E-state index contributed by atoms with van der Waals surface area (Å²) in [6.07, 6.45) is 1.08. The number of ether oxygens (including phenoxy) is 1. The molecule has 3 heterocycles. The molecule has 1 aromatic carbocycles. The molecule has 1 saturated heterocycles. The van der Waals surface area contributed by atoms with Gasteiger partial charge in [-0.1, -0.05) is 0 Å². The Morgan fingerprint density at radius 3 is 2.55 bits per heavy atom. The molecule has 1 fully saturated rings. The second-order valence-electron chi connectivity index (χ2n) is 7.70. The molecule has 10 nitrogen and oxygen atoms in total. The van der Waals surface area contributed by atoms with Gasteiger partial charge in [-0.15, -0.1) is 0 Å². The number of aromatic carboxylic acids is 1. The number of fused-ring (bicyclic) bond motifs is 1. The molecule has 0 atom stereocenters. The number of carboxylic acid groups (broad SMARTS) is 1. The lowest BCUT2D eigenvalue weighted by atomic mass is 10.1. The molecule has 1 N–H and O–H groups in total. The standard InChI is InChI=1S/C20H17FN4O6/c1-20(2)9-31-10-24(20)18-15(25(29)30)7-13-16(26)14(19(27)28)8-23(17(13)22-18)12-5-3-11(21)4-6-12/h3-8H,9-10H2,1-2H3,(H,27,28). The van der Waals surface area contributed by atoms with Gasteiger partial charge in [-0.2, -0.15) is 0 Å². The summed E-state index contributed by atoms with van der Waals surface area (Å²) in [5.41, 5.74) is -2.21. The SMILES string of the molecule is CC1(C)COCN1c1nc2c(cc1[N+](=O)[O-])c(=O)c(C(=O)O)cn2-c1ccc(F)cc1. The Morgan fingerprint density at radius 1 is 1.32 bits per heavy atom. The van der Waals surface area contributed by atoms with E-state index in [4.69, 9.17) is 4.74 Å². The number of hydrogen-bond acceptors (Lipinski definition) is 7. The quantitative estimate of drug-likeness (QED) is 0.496. The smallest absolute Gasteiger partial charge is 0.341 e. The molecule has 0 saturated carbocycles. The monoisotopic (exact) mass is 428 g/mol. The largest absolute Gasteiger partial charge is 0.477 e. The number of benzene rings is 1. The number of aromatic nitrogens is 2. The van der Waals surface area contributed by atoms with Crippen molar-refractivity contribution < 1.29 is 24.0 Å². The van der Waals surface area contributed by atoms with Crippen LogP contribution < -0.4 is 10.3 Å². The zero-order valence-corrected chi connectivity index (χ0v) is 16.5. The third-order valence-corrected chi connectivity index (χ3v) is 5.13. The molecule has 1 aliphatic heterocycles.